The average molecular weight is 485 g/mol. The number of carbonyl (C=O) groups is 1. The zero-order valence-corrected chi connectivity index (χ0v) is 19.3. The molecule has 1 aliphatic rings. The number of alkyl carbamates (subject to hydrolysis) is 1. The molecule has 0 bridgehead atoms. The Morgan fingerprint density at radius 2 is 1.97 bits per heavy atom. The van der Waals surface area contributed by atoms with E-state index in [9.17, 15) is 9.18 Å². The number of ether oxygens (including phenoxy) is 2. The average Bonchev–Trinajstić information content (AvgIpc) is 2.92. The summed E-state index contributed by atoms with van der Waals surface area (Å²) in [5.74, 6) is -0.411. The van der Waals surface area contributed by atoms with Gasteiger partial charge in [-0.25, -0.2) is 9.18 Å². The van der Waals surface area contributed by atoms with Crippen LogP contribution in [0, 0.1) is 5.82 Å². The maximum Gasteiger partial charge on any atom is 0.408 e. The van der Waals surface area contributed by atoms with Gasteiger partial charge in [-0.2, -0.15) is 0 Å². The molecule has 1 amide bonds. The van der Waals surface area contributed by atoms with Crippen LogP contribution in [0.4, 0.5) is 9.18 Å². The van der Waals surface area contributed by atoms with E-state index in [1.165, 1.54) is 6.07 Å². The second kappa shape index (κ2) is 7.80. The maximum absolute atomic E-state index is 14.3. The van der Waals surface area contributed by atoms with Crippen LogP contribution in [0.5, 0.6) is 5.75 Å². The van der Waals surface area contributed by atoms with Crippen LogP contribution in [0.1, 0.15) is 51.7 Å². The monoisotopic (exact) mass is 483 g/mol. The van der Waals surface area contributed by atoms with Crippen molar-refractivity contribution in [1.82, 2.24) is 5.32 Å². The van der Waals surface area contributed by atoms with Gasteiger partial charge in [0.15, 0.2) is 5.60 Å². The maximum atomic E-state index is 14.3. The van der Waals surface area contributed by atoms with E-state index in [1.807, 2.05) is 44.2 Å². The van der Waals surface area contributed by atoms with Gasteiger partial charge in [-0.05, 0) is 49.2 Å². The topological polar surface area (TPSA) is 47.6 Å². The largest absolute Gasteiger partial charge is 0.479 e. The molecule has 0 spiro atoms. The van der Waals surface area contributed by atoms with Gasteiger partial charge in [0.25, 0.3) is 0 Å². The molecular formula is C22H24BrClFNO3. The minimum atomic E-state index is -0.972. The van der Waals surface area contributed by atoms with Crippen LogP contribution >= 0.6 is 27.5 Å². The van der Waals surface area contributed by atoms with Gasteiger partial charge >= 0.3 is 6.09 Å². The van der Waals surface area contributed by atoms with Gasteiger partial charge in [0.2, 0.25) is 0 Å². The second-order valence-corrected chi connectivity index (χ2v) is 9.42. The summed E-state index contributed by atoms with van der Waals surface area (Å²) in [4.78, 5) is 12.5. The summed E-state index contributed by atoms with van der Waals surface area (Å²) in [5, 5.41) is 2.91. The van der Waals surface area contributed by atoms with Crippen molar-refractivity contribution in [2.75, 3.05) is 0 Å². The van der Waals surface area contributed by atoms with Crippen molar-refractivity contribution in [3.8, 4) is 5.75 Å². The third kappa shape index (κ3) is 3.97. The molecule has 1 unspecified atom stereocenters. The van der Waals surface area contributed by atoms with Gasteiger partial charge in [0, 0.05) is 22.0 Å². The summed E-state index contributed by atoms with van der Waals surface area (Å²) in [6.45, 7) is 9.24. The first-order chi connectivity index (χ1) is 13.5. The lowest BCUT2D eigenvalue weighted by molar-refractivity contribution is 0.0149. The van der Waals surface area contributed by atoms with Gasteiger partial charge in [-0.15, -0.1) is 0 Å². The third-order valence-electron chi connectivity index (χ3n) is 5.12. The summed E-state index contributed by atoms with van der Waals surface area (Å²) < 4.78 is 26.6. The van der Waals surface area contributed by atoms with Crippen LogP contribution in [0.2, 0.25) is 5.02 Å². The molecule has 1 aliphatic heterocycles. The molecule has 0 fully saturated rings. The molecule has 4 nitrogen and oxygen atoms in total. The predicted molar refractivity (Wildman–Crippen MR) is 115 cm³/mol. The molecule has 7 heteroatoms. The molecule has 29 heavy (non-hydrogen) atoms. The summed E-state index contributed by atoms with van der Waals surface area (Å²) in [6.07, 6.45) is -0.546. The molecule has 3 atom stereocenters. The molecule has 1 heterocycles. The van der Waals surface area contributed by atoms with Crippen LogP contribution in [-0.4, -0.2) is 17.7 Å². The number of fused-ring (bicyclic) bond motifs is 1. The van der Waals surface area contributed by atoms with E-state index in [1.54, 1.807) is 20.8 Å². The number of nitrogens with one attached hydrogen (secondary N) is 1. The molecular weight excluding hydrogens is 461 g/mol. The molecule has 3 rings (SSSR count). The summed E-state index contributed by atoms with van der Waals surface area (Å²) in [7, 11) is 0. The number of halogens is 3. The number of carbonyl (C=O) groups excluding carboxylic acids is 1. The van der Waals surface area contributed by atoms with Crippen molar-refractivity contribution in [2.24, 2.45) is 0 Å². The zero-order chi connectivity index (χ0) is 21.6. The Kier molecular flexibility index (Phi) is 5.89. The van der Waals surface area contributed by atoms with E-state index >= 15 is 0 Å². The molecule has 2 aromatic rings. The molecule has 1 N–H and O–H groups in total. The van der Waals surface area contributed by atoms with E-state index in [-0.39, 0.29) is 10.9 Å². The summed E-state index contributed by atoms with van der Waals surface area (Å²) in [5.41, 5.74) is 0.0167. The molecule has 0 aromatic heterocycles. The van der Waals surface area contributed by atoms with Crippen molar-refractivity contribution in [1.29, 1.82) is 0 Å². The Bertz CT molecular complexity index is 932. The Morgan fingerprint density at radius 3 is 2.55 bits per heavy atom. The first kappa shape index (κ1) is 21.9. The molecule has 0 saturated heterocycles. The van der Waals surface area contributed by atoms with E-state index in [2.05, 4.69) is 21.2 Å². The Hall–Kier alpha value is -1.79. The van der Waals surface area contributed by atoms with Crippen LogP contribution in [-0.2, 0) is 10.3 Å². The molecule has 0 saturated carbocycles. The lowest BCUT2D eigenvalue weighted by Crippen LogP contribution is -2.54. The lowest BCUT2D eigenvalue weighted by Gasteiger charge is -2.39. The number of rotatable bonds is 3. The van der Waals surface area contributed by atoms with Gasteiger partial charge in [-0.3, -0.25) is 0 Å². The SMILES string of the molecule is CC(NC(=O)OC(C)(C)C)[C@]1(c2ccccc2)Oc2cc(F)c(Cl)c(Br)c2[C@@H]1C. The smallest absolute Gasteiger partial charge is 0.408 e. The zero-order valence-electron chi connectivity index (χ0n) is 17.0. The van der Waals surface area contributed by atoms with Crippen LogP contribution < -0.4 is 10.1 Å². The molecule has 2 aromatic carbocycles. The fourth-order valence-electron chi connectivity index (χ4n) is 3.87. The third-order valence-corrected chi connectivity index (χ3v) is 6.54. The normalized spacial score (nSPS) is 21.9. The fraction of sp³-hybridized carbons (Fsp3) is 0.409. The second-order valence-electron chi connectivity index (χ2n) is 8.25. The Labute approximate surface area is 183 Å². The Morgan fingerprint density at radius 1 is 1.34 bits per heavy atom. The van der Waals surface area contributed by atoms with E-state index in [0.29, 0.717) is 10.2 Å². The summed E-state index contributed by atoms with van der Waals surface area (Å²) in [6, 6.07) is 10.4. The highest BCUT2D eigenvalue weighted by molar-refractivity contribution is 9.10. The molecule has 0 aliphatic carbocycles. The number of benzene rings is 2. The highest BCUT2D eigenvalue weighted by Gasteiger charge is 2.53. The first-order valence-corrected chi connectivity index (χ1v) is 10.6. The van der Waals surface area contributed by atoms with Gasteiger partial charge in [-0.1, -0.05) is 48.9 Å². The van der Waals surface area contributed by atoms with Crippen molar-refractivity contribution >= 4 is 33.6 Å². The van der Waals surface area contributed by atoms with Gasteiger partial charge in [0.05, 0.1) is 11.1 Å². The highest BCUT2D eigenvalue weighted by atomic mass is 79.9. The van der Waals surface area contributed by atoms with Crippen molar-refractivity contribution in [3.63, 3.8) is 0 Å². The molecule has 156 valence electrons. The van der Waals surface area contributed by atoms with Crippen LogP contribution in [0.3, 0.4) is 0 Å². The van der Waals surface area contributed by atoms with E-state index in [4.69, 9.17) is 21.1 Å². The molecule has 0 radical (unpaired) electrons. The van der Waals surface area contributed by atoms with Crippen molar-refractivity contribution in [2.45, 2.75) is 57.8 Å². The van der Waals surface area contributed by atoms with Gasteiger partial charge in [0.1, 0.15) is 17.2 Å². The minimum absolute atomic E-state index is 0.0100. The van der Waals surface area contributed by atoms with Crippen LogP contribution in [0.25, 0.3) is 0 Å². The van der Waals surface area contributed by atoms with Gasteiger partial charge < -0.3 is 14.8 Å². The van der Waals surface area contributed by atoms with Crippen molar-refractivity contribution in [3.05, 3.63) is 62.8 Å². The minimum Gasteiger partial charge on any atom is -0.479 e. The fourth-order valence-corrected chi connectivity index (χ4v) is 4.76. The predicted octanol–water partition coefficient (Wildman–Crippen LogP) is 6.55. The van der Waals surface area contributed by atoms with Crippen molar-refractivity contribution < 1.29 is 18.7 Å². The lowest BCUT2D eigenvalue weighted by atomic mass is 9.75. The summed E-state index contributed by atoms with van der Waals surface area (Å²) >= 11 is 9.56. The standard InChI is InChI=1S/C22H24BrClFNO3/c1-12-17-16(11-15(25)19(24)18(17)23)28-22(12,14-9-7-6-8-10-14)13(2)26-20(27)29-21(3,4)5/h6-13H,1-5H3,(H,26,27)/t12-,13?,22+/m0/s1. The number of hydrogen-bond acceptors (Lipinski definition) is 3. The van der Waals surface area contributed by atoms with E-state index < -0.39 is 29.2 Å². The number of hydrogen-bond donors (Lipinski definition) is 1. The Balaban J connectivity index is 2.07. The van der Waals surface area contributed by atoms with E-state index in [0.717, 1.165) is 11.1 Å². The number of amides is 1. The first-order valence-electron chi connectivity index (χ1n) is 9.39. The highest BCUT2D eigenvalue weighted by Crippen LogP contribution is 2.55. The van der Waals surface area contributed by atoms with Crippen LogP contribution in [0.15, 0.2) is 40.9 Å². The quantitative estimate of drug-likeness (QED) is 0.503.